The summed E-state index contributed by atoms with van der Waals surface area (Å²) in [5.41, 5.74) is 7.59. The van der Waals surface area contributed by atoms with Crippen LogP contribution < -0.4 is 16.0 Å². The van der Waals surface area contributed by atoms with E-state index in [-0.39, 0.29) is 5.82 Å². The fraction of sp³-hybridized carbons (Fsp3) is 0.229. The van der Waals surface area contributed by atoms with Crippen LogP contribution in [0.25, 0.3) is 39.0 Å². The lowest BCUT2D eigenvalue weighted by Crippen LogP contribution is -2.20. The summed E-state index contributed by atoms with van der Waals surface area (Å²) in [6.45, 7) is 9.91. The Kier molecular flexibility index (Phi) is 8.32. The number of imidazole rings is 1. The monoisotopic (exact) mass is 606 g/mol. The largest absolute Gasteiger partial charge is 0.385 e. The summed E-state index contributed by atoms with van der Waals surface area (Å²) in [5.74, 6) is 0.122. The fourth-order valence-electron chi connectivity index (χ4n) is 5.34. The third-order valence-electron chi connectivity index (χ3n) is 7.89. The van der Waals surface area contributed by atoms with Crippen molar-refractivity contribution in [2.45, 2.75) is 12.8 Å². The molecule has 4 N–H and O–H groups in total. The molecule has 6 rings (SSSR count). The number of allylic oxidation sites excluding steroid dienone is 1. The molecule has 0 aliphatic heterocycles. The van der Waals surface area contributed by atoms with Crippen LogP contribution in [0.15, 0.2) is 79.9 Å². The summed E-state index contributed by atoms with van der Waals surface area (Å²) in [7, 11) is 5.64. The fourth-order valence-corrected chi connectivity index (χ4v) is 5.34. The Morgan fingerprint density at radius 1 is 1.00 bits per heavy atom. The molecule has 8 nitrogen and oxygen atoms in total. The summed E-state index contributed by atoms with van der Waals surface area (Å²) >= 11 is 0. The van der Waals surface area contributed by atoms with Crippen LogP contribution in [-0.2, 0) is 0 Å². The minimum atomic E-state index is -0.434. The Morgan fingerprint density at radius 2 is 1.80 bits per heavy atom. The molecule has 0 unspecified atom stereocenters. The van der Waals surface area contributed by atoms with E-state index >= 15 is 4.39 Å². The van der Waals surface area contributed by atoms with Crippen molar-refractivity contribution in [2.24, 2.45) is 5.92 Å². The van der Waals surface area contributed by atoms with Gasteiger partial charge in [-0.25, -0.2) is 18.7 Å². The standard InChI is InChI=1S/C35H36F2N8/c1-20(30-15-23(16-31(37)32(30)38-3)25-14-28(19-39-18-25)42-21(2)22-6-7-22)34-43-33-29(8-9-41-35(33)44-34)24-12-26(36)17-27(13-24)40-10-11-45(4)5/h8-9,12-19,22,38,40,42H,1-2,6-7,10-11H2,3-5H3,(H,41,43,44). The number of nitrogens with one attached hydrogen (secondary N) is 4. The first-order chi connectivity index (χ1) is 21.7. The lowest BCUT2D eigenvalue weighted by Gasteiger charge is -2.15. The zero-order chi connectivity index (χ0) is 31.7. The molecule has 3 aromatic heterocycles. The normalized spacial score (nSPS) is 12.8. The molecular formula is C35H36F2N8. The minimum absolute atomic E-state index is 0.292. The van der Waals surface area contributed by atoms with Crippen LogP contribution in [0.2, 0.25) is 0 Å². The summed E-state index contributed by atoms with van der Waals surface area (Å²) in [6.07, 6.45) is 7.34. The average Bonchev–Trinajstić information content (AvgIpc) is 3.78. The Bertz CT molecular complexity index is 1910. The highest BCUT2D eigenvalue weighted by Gasteiger charge is 2.25. The van der Waals surface area contributed by atoms with E-state index in [1.807, 2.05) is 38.4 Å². The first-order valence-electron chi connectivity index (χ1n) is 14.9. The highest BCUT2D eigenvalue weighted by molar-refractivity contribution is 5.94. The average molecular weight is 607 g/mol. The van der Waals surface area contributed by atoms with Gasteiger partial charge in [-0.05, 0) is 86.4 Å². The van der Waals surface area contributed by atoms with Gasteiger partial charge in [-0.2, -0.15) is 0 Å². The molecule has 1 saturated carbocycles. The number of likely N-dealkylation sites (N-methyl/N-ethyl adjacent to an activating group) is 1. The highest BCUT2D eigenvalue weighted by atomic mass is 19.1. The predicted molar refractivity (Wildman–Crippen MR) is 179 cm³/mol. The molecule has 5 aromatic rings. The molecule has 0 atom stereocenters. The summed E-state index contributed by atoms with van der Waals surface area (Å²) in [5, 5.41) is 9.59. The second kappa shape index (κ2) is 12.5. The van der Waals surface area contributed by atoms with Crippen molar-refractivity contribution >= 4 is 33.8 Å². The van der Waals surface area contributed by atoms with Crippen LogP contribution in [-0.4, -0.2) is 59.1 Å². The predicted octanol–water partition coefficient (Wildman–Crippen LogP) is 7.38. The van der Waals surface area contributed by atoms with Gasteiger partial charge in [0.1, 0.15) is 17.5 Å². The van der Waals surface area contributed by atoms with Crippen molar-refractivity contribution in [3.05, 3.63) is 103 Å². The van der Waals surface area contributed by atoms with Crippen molar-refractivity contribution in [3.8, 4) is 22.3 Å². The smallest absolute Gasteiger partial charge is 0.178 e. The van der Waals surface area contributed by atoms with Crippen molar-refractivity contribution in [2.75, 3.05) is 50.2 Å². The Morgan fingerprint density at radius 3 is 2.56 bits per heavy atom. The van der Waals surface area contributed by atoms with Gasteiger partial charge in [-0.1, -0.05) is 13.2 Å². The first kappa shape index (κ1) is 30.0. The molecule has 0 radical (unpaired) electrons. The third kappa shape index (κ3) is 6.56. The number of anilines is 3. The maximum atomic E-state index is 15.6. The Labute approximate surface area is 261 Å². The lowest BCUT2D eigenvalue weighted by atomic mass is 9.97. The van der Waals surface area contributed by atoms with Crippen LogP contribution in [0.3, 0.4) is 0 Å². The lowest BCUT2D eigenvalue weighted by molar-refractivity contribution is 0.425. The van der Waals surface area contributed by atoms with Crippen LogP contribution in [0.1, 0.15) is 24.2 Å². The SMILES string of the molecule is C=C(c1nc2nccc(-c3cc(F)cc(NCCN(C)C)c3)c2[nH]1)c1cc(-c2cncc(NC(=C)C3CC3)c2)cc(F)c1NC. The second-order valence-corrected chi connectivity index (χ2v) is 11.6. The summed E-state index contributed by atoms with van der Waals surface area (Å²) < 4.78 is 30.3. The number of hydrogen-bond acceptors (Lipinski definition) is 7. The molecule has 45 heavy (non-hydrogen) atoms. The van der Waals surface area contributed by atoms with Gasteiger partial charge < -0.3 is 25.8 Å². The number of aromatic nitrogens is 4. The molecule has 0 spiro atoms. The summed E-state index contributed by atoms with van der Waals surface area (Å²) in [6, 6.07) is 12.0. The molecule has 0 amide bonds. The van der Waals surface area contributed by atoms with E-state index in [0.29, 0.717) is 63.1 Å². The van der Waals surface area contributed by atoms with Gasteiger partial charge >= 0.3 is 0 Å². The number of pyridine rings is 2. The van der Waals surface area contributed by atoms with Gasteiger partial charge in [0.05, 0.1) is 23.1 Å². The topological polar surface area (TPSA) is 93.8 Å². The maximum Gasteiger partial charge on any atom is 0.178 e. The van der Waals surface area contributed by atoms with E-state index in [2.05, 4.69) is 49.0 Å². The molecule has 10 heteroatoms. The number of halogens is 2. The number of aromatic amines is 1. The van der Waals surface area contributed by atoms with Gasteiger partial charge in [-0.15, -0.1) is 0 Å². The zero-order valence-electron chi connectivity index (χ0n) is 25.6. The first-order valence-corrected chi connectivity index (χ1v) is 14.9. The Hall–Kier alpha value is -5.09. The van der Waals surface area contributed by atoms with E-state index in [0.717, 1.165) is 41.9 Å². The number of fused-ring (bicyclic) bond motifs is 1. The minimum Gasteiger partial charge on any atom is -0.385 e. The number of hydrogen-bond donors (Lipinski definition) is 4. The van der Waals surface area contributed by atoms with Gasteiger partial charge in [-0.3, -0.25) is 4.98 Å². The van der Waals surface area contributed by atoms with Crippen LogP contribution >= 0.6 is 0 Å². The van der Waals surface area contributed by atoms with E-state index in [1.165, 1.54) is 18.2 Å². The van der Waals surface area contributed by atoms with Crippen LogP contribution in [0.5, 0.6) is 0 Å². The zero-order valence-corrected chi connectivity index (χ0v) is 25.6. The van der Waals surface area contributed by atoms with Crippen molar-refractivity contribution in [1.82, 2.24) is 24.8 Å². The number of nitrogens with zero attached hydrogens (tertiary/aromatic N) is 4. The molecule has 3 heterocycles. The van der Waals surface area contributed by atoms with Crippen molar-refractivity contribution in [3.63, 3.8) is 0 Å². The van der Waals surface area contributed by atoms with Crippen molar-refractivity contribution in [1.29, 1.82) is 0 Å². The van der Waals surface area contributed by atoms with Gasteiger partial charge in [0, 0.05) is 66.2 Å². The second-order valence-electron chi connectivity index (χ2n) is 11.6. The quantitative estimate of drug-likeness (QED) is 0.118. The number of rotatable bonds is 12. The molecule has 1 aliphatic rings. The third-order valence-corrected chi connectivity index (χ3v) is 7.89. The van der Waals surface area contributed by atoms with Crippen LogP contribution in [0.4, 0.5) is 25.8 Å². The molecular weight excluding hydrogens is 570 g/mol. The maximum absolute atomic E-state index is 15.6. The highest BCUT2D eigenvalue weighted by Crippen LogP contribution is 2.38. The van der Waals surface area contributed by atoms with Gasteiger partial charge in [0.2, 0.25) is 0 Å². The van der Waals surface area contributed by atoms with Crippen LogP contribution in [0, 0.1) is 17.6 Å². The molecule has 1 fully saturated rings. The van der Waals surface area contributed by atoms with Crippen molar-refractivity contribution < 1.29 is 8.78 Å². The van der Waals surface area contributed by atoms with Gasteiger partial charge in [0.25, 0.3) is 0 Å². The molecule has 230 valence electrons. The number of H-pyrrole nitrogens is 1. The Balaban J connectivity index is 1.34. The van der Waals surface area contributed by atoms with E-state index in [4.69, 9.17) is 4.98 Å². The van der Waals surface area contributed by atoms with E-state index in [9.17, 15) is 4.39 Å². The molecule has 1 aliphatic carbocycles. The van der Waals surface area contributed by atoms with E-state index < -0.39 is 5.82 Å². The summed E-state index contributed by atoms with van der Waals surface area (Å²) in [4.78, 5) is 18.9. The van der Waals surface area contributed by atoms with E-state index in [1.54, 1.807) is 25.6 Å². The van der Waals surface area contributed by atoms with Gasteiger partial charge in [0.15, 0.2) is 5.65 Å². The number of benzene rings is 2. The molecule has 2 aromatic carbocycles. The molecule has 0 bridgehead atoms. The molecule has 0 saturated heterocycles.